The van der Waals surface area contributed by atoms with Crippen LogP contribution in [0.1, 0.15) is 39.5 Å². The van der Waals surface area contributed by atoms with Crippen molar-refractivity contribution in [2.24, 2.45) is 0 Å². The van der Waals surface area contributed by atoms with Gasteiger partial charge in [0.05, 0.1) is 13.2 Å². The van der Waals surface area contributed by atoms with Gasteiger partial charge in [-0.3, -0.25) is 19.2 Å². The Morgan fingerprint density at radius 1 is 0.634 bits per heavy atom. The molecule has 0 amide bonds. The van der Waals surface area contributed by atoms with Crippen LogP contribution in [0, 0.1) is 0 Å². The van der Waals surface area contributed by atoms with E-state index in [9.17, 15) is 19.2 Å². The van der Waals surface area contributed by atoms with E-state index in [1.165, 1.54) is 27.7 Å². The molecule has 0 aromatic heterocycles. The van der Waals surface area contributed by atoms with E-state index in [0.29, 0.717) is 0 Å². The normalized spacial score (nSPS) is 37.8. The molecule has 4 saturated heterocycles. The standard InChI is InChI=1S/C27H32O14/c1-12(28)34-21-20(17-11-33-26(38-17)23(21)36-14(3)30)41-27-24(37-15(4)31)22(35-13(2)29)19-18(39-27)10-32-25(40-19)16-8-6-5-7-9-16/h5-9,17-27H,10-11H2,1-4H3/t17-,18-,19-,20?,21+,22+,23-,24-,25?,26-,27-/m1/s1. The topological polar surface area (TPSA) is 161 Å². The van der Waals surface area contributed by atoms with Gasteiger partial charge in [-0.2, -0.15) is 0 Å². The summed E-state index contributed by atoms with van der Waals surface area (Å²) in [5, 5.41) is 0. The van der Waals surface area contributed by atoms with Crippen LogP contribution >= 0.6 is 0 Å². The Morgan fingerprint density at radius 2 is 1.22 bits per heavy atom. The summed E-state index contributed by atoms with van der Waals surface area (Å²) in [6.45, 7) is 4.83. The van der Waals surface area contributed by atoms with E-state index >= 15 is 0 Å². The van der Waals surface area contributed by atoms with Gasteiger partial charge in [0.25, 0.3) is 0 Å². The zero-order valence-electron chi connectivity index (χ0n) is 22.9. The van der Waals surface area contributed by atoms with Crippen LogP contribution in [0.15, 0.2) is 30.3 Å². The first-order chi connectivity index (χ1) is 19.6. The number of benzene rings is 1. The predicted octanol–water partition coefficient (Wildman–Crippen LogP) is 0.693. The lowest BCUT2D eigenvalue weighted by Gasteiger charge is -2.49. The predicted molar refractivity (Wildman–Crippen MR) is 130 cm³/mol. The quantitative estimate of drug-likeness (QED) is 0.327. The number of esters is 4. The van der Waals surface area contributed by atoms with Crippen molar-refractivity contribution in [1.82, 2.24) is 0 Å². The molecule has 2 bridgehead atoms. The fourth-order valence-corrected chi connectivity index (χ4v) is 5.38. The molecule has 4 heterocycles. The molecular formula is C27H32O14. The fraction of sp³-hybridized carbons (Fsp3) is 0.630. The minimum Gasteiger partial charge on any atom is -0.455 e. The van der Waals surface area contributed by atoms with Gasteiger partial charge in [0.1, 0.15) is 24.4 Å². The highest BCUT2D eigenvalue weighted by atomic mass is 16.8. The maximum absolute atomic E-state index is 12.2. The molecule has 0 radical (unpaired) electrons. The fourth-order valence-electron chi connectivity index (χ4n) is 5.38. The largest absolute Gasteiger partial charge is 0.455 e. The molecule has 1 aromatic rings. The van der Waals surface area contributed by atoms with E-state index in [0.717, 1.165) is 5.56 Å². The first kappa shape index (κ1) is 29.4. The van der Waals surface area contributed by atoms with Crippen molar-refractivity contribution in [2.75, 3.05) is 13.2 Å². The zero-order chi connectivity index (χ0) is 29.3. The number of carbonyl (C=O) groups excluding carboxylic acids is 4. The van der Waals surface area contributed by atoms with Gasteiger partial charge in [0.2, 0.25) is 0 Å². The van der Waals surface area contributed by atoms with Gasteiger partial charge in [-0.1, -0.05) is 30.3 Å². The molecule has 11 atom stereocenters. The summed E-state index contributed by atoms with van der Waals surface area (Å²) < 4.78 is 58.2. The first-order valence-electron chi connectivity index (χ1n) is 13.2. The third kappa shape index (κ3) is 6.52. The maximum Gasteiger partial charge on any atom is 0.303 e. The molecule has 4 aliphatic heterocycles. The SMILES string of the molecule is CC(=O)O[C@@H]1[C@@H](OC(C)=O)[C@@H](OC2[C@H]3CO[C@H](O3)[C@H](OC(C)=O)[C@H]2OC(C)=O)O[C@@H]2COC(c3ccccc3)O[C@@H]12. The van der Waals surface area contributed by atoms with Gasteiger partial charge in [-0.05, 0) is 0 Å². The van der Waals surface area contributed by atoms with Crippen molar-refractivity contribution in [2.45, 2.75) is 95.4 Å². The molecular weight excluding hydrogens is 548 g/mol. The molecule has 0 N–H and O–H groups in total. The van der Waals surface area contributed by atoms with Crippen molar-refractivity contribution in [3.05, 3.63) is 35.9 Å². The van der Waals surface area contributed by atoms with E-state index in [-0.39, 0.29) is 13.2 Å². The molecule has 224 valence electrons. The lowest BCUT2D eigenvalue weighted by Crippen LogP contribution is -2.66. The Hall–Kier alpha value is -3.14. The van der Waals surface area contributed by atoms with Crippen LogP contribution in [0.3, 0.4) is 0 Å². The van der Waals surface area contributed by atoms with Gasteiger partial charge in [0.15, 0.2) is 43.3 Å². The average Bonchev–Trinajstić information content (AvgIpc) is 3.35. The summed E-state index contributed by atoms with van der Waals surface area (Å²) in [5.74, 6) is -2.67. The molecule has 4 aliphatic rings. The van der Waals surface area contributed by atoms with Crippen molar-refractivity contribution >= 4 is 23.9 Å². The second kappa shape index (κ2) is 12.4. The van der Waals surface area contributed by atoms with Crippen molar-refractivity contribution < 1.29 is 66.5 Å². The second-order valence-corrected chi connectivity index (χ2v) is 9.99. The molecule has 41 heavy (non-hydrogen) atoms. The molecule has 2 unspecified atom stereocenters. The van der Waals surface area contributed by atoms with Gasteiger partial charge in [-0.15, -0.1) is 0 Å². The summed E-state index contributed by atoms with van der Waals surface area (Å²) in [4.78, 5) is 48.3. The summed E-state index contributed by atoms with van der Waals surface area (Å²) in [5.41, 5.74) is 0.728. The Bertz CT molecular complexity index is 1130. The molecule has 0 saturated carbocycles. The molecule has 4 fully saturated rings. The Balaban J connectivity index is 1.44. The van der Waals surface area contributed by atoms with Gasteiger partial charge in [0, 0.05) is 33.3 Å². The van der Waals surface area contributed by atoms with Crippen LogP contribution in [0.25, 0.3) is 0 Å². The first-order valence-corrected chi connectivity index (χ1v) is 13.2. The highest BCUT2D eigenvalue weighted by molar-refractivity contribution is 5.68. The summed E-state index contributed by atoms with van der Waals surface area (Å²) in [6.07, 6.45) is -11.5. The second-order valence-electron chi connectivity index (χ2n) is 9.99. The zero-order valence-corrected chi connectivity index (χ0v) is 22.9. The number of carbonyl (C=O) groups is 4. The summed E-state index contributed by atoms with van der Waals surface area (Å²) >= 11 is 0. The van der Waals surface area contributed by atoms with Gasteiger partial charge in [-0.25, -0.2) is 0 Å². The number of ether oxygens (including phenoxy) is 10. The third-order valence-corrected chi connectivity index (χ3v) is 6.87. The smallest absolute Gasteiger partial charge is 0.303 e. The van der Waals surface area contributed by atoms with E-state index in [4.69, 9.17) is 47.4 Å². The molecule has 14 nitrogen and oxygen atoms in total. The summed E-state index contributed by atoms with van der Waals surface area (Å²) in [7, 11) is 0. The van der Waals surface area contributed by atoms with Crippen molar-refractivity contribution in [3.8, 4) is 0 Å². The lowest BCUT2D eigenvalue weighted by atomic mass is 9.96. The average molecular weight is 581 g/mol. The number of fused-ring (bicyclic) bond motifs is 3. The Morgan fingerprint density at radius 3 is 1.88 bits per heavy atom. The van der Waals surface area contributed by atoms with Crippen LogP contribution in [0.5, 0.6) is 0 Å². The van der Waals surface area contributed by atoms with Crippen LogP contribution in [-0.2, 0) is 66.5 Å². The van der Waals surface area contributed by atoms with E-state index in [1.54, 1.807) is 0 Å². The lowest BCUT2D eigenvalue weighted by molar-refractivity contribution is -0.377. The monoisotopic (exact) mass is 580 g/mol. The molecule has 14 heteroatoms. The van der Waals surface area contributed by atoms with E-state index in [2.05, 4.69) is 0 Å². The number of hydrogen-bond donors (Lipinski definition) is 0. The van der Waals surface area contributed by atoms with Crippen molar-refractivity contribution in [3.63, 3.8) is 0 Å². The maximum atomic E-state index is 12.2. The molecule has 0 spiro atoms. The van der Waals surface area contributed by atoms with Crippen LogP contribution in [-0.4, -0.2) is 98.5 Å². The Labute approximate surface area is 235 Å². The van der Waals surface area contributed by atoms with Crippen molar-refractivity contribution in [1.29, 1.82) is 0 Å². The van der Waals surface area contributed by atoms with E-state index < -0.39 is 91.6 Å². The summed E-state index contributed by atoms with van der Waals surface area (Å²) in [6, 6.07) is 9.14. The number of hydrogen-bond acceptors (Lipinski definition) is 14. The number of rotatable bonds is 7. The van der Waals surface area contributed by atoms with Gasteiger partial charge < -0.3 is 47.4 Å². The van der Waals surface area contributed by atoms with Crippen LogP contribution in [0.4, 0.5) is 0 Å². The molecule has 1 aromatic carbocycles. The van der Waals surface area contributed by atoms with Gasteiger partial charge >= 0.3 is 23.9 Å². The highest BCUT2D eigenvalue weighted by Gasteiger charge is 2.59. The molecule has 0 aliphatic carbocycles. The highest BCUT2D eigenvalue weighted by Crippen LogP contribution is 2.40. The molecule has 5 rings (SSSR count). The Kier molecular flexibility index (Phi) is 8.87. The van der Waals surface area contributed by atoms with Crippen LogP contribution in [0.2, 0.25) is 0 Å². The minimum atomic E-state index is -1.37. The third-order valence-electron chi connectivity index (χ3n) is 6.87. The minimum absolute atomic E-state index is 0.0217. The van der Waals surface area contributed by atoms with Crippen LogP contribution < -0.4 is 0 Å². The van der Waals surface area contributed by atoms with E-state index in [1.807, 2.05) is 30.3 Å².